The molecule has 0 amide bonds. The van der Waals surface area contributed by atoms with E-state index in [2.05, 4.69) is 10.1 Å². The number of hydrogen-bond acceptors (Lipinski definition) is 3. The lowest BCUT2D eigenvalue weighted by molar-refractivity contribution is 0.724. The summed E-state index contributed by atoms with van der Waals surface area (Å²) in [6, 6.07) is 5.32. The summed E-state index contributed by atoms with van der Waals surface area (Å²) in [4.78, 5) is 4.58. The van der Waals surface area contributed by atoms with E-state index in [0.717, 1.165) is 22.4 Å². The predicted octanol–water partition coefficient (Wildman–Crippen LogP) is 2.01. The monoisotopic (exact) mass is 275 g/mol. The number of rotatable bonds is 2. The van der Waals surface area contributed by atoms with Crippen molar-refractivity contribution in [3.8, 4) is 0 Å². The van der Waals surface area contributed by atoms with Crippen molar-refractivity contribution in [2.45, 2.75) is 6.04 Å². The zero-order valence-electron chi connectivity index (χ0n) is 10.7. The standard InChI is InChI=1S/C13H14ClN5/c1-18-7-8(6-16-18)12(15)13-17-10-4-3-9(14)5-11(10)19(13)2/h3-7,12H,15H2,1-2H3. The number of nitrogens with two attached hydrogens (primary N) is 1. The van der Waals surface area contributed by atoms with Gasteiger partial charge in [0.2, 0.25) is 0 Å². The van der Waals surface area contributed by atoms with Crippen molar-refractivity contribution < 1.29 is 0 Å². The summed E-state index contributed by atoms with van der Waals surface area (Å²) in [5.74, 6) is 0.797. The minimum atomic E-state index is -0.301. The quantitative estimate of drug-likeness (QED) is 0.778. The number of aryl methyl sites for hydroxylation is 2. The molecular weight excluding hydrogens is 262 g/mol. The van der Waals surface area contributed by atoms with Gasteiger partial charge in [0.15, 0.2) is 0 Å². The van der Waals surface area contributed by atoms with Crippen LogP contribution in [0.5, 0.6) is 0 Å². The molecule has 0 saturated carbocycles. The van der Waals surface area contributed by atoms with E-state index in [4.69, 9.17) is 17.3 Å². The van der Waals surface area contributed by atoms with Crippen LogP contribution in [0.25, 0.3) is 11.0 Å². The molecule has 6 heteroatoms. The molecule has 0 aliphatic rings. The highest BCUT2D eigenvalue weighted by molar-refractivity contribution is 6.31. The maximum absolute atomic E-state index is 6.26. The minimum Gasteiger partial charge on any atom is -0.329 e. The Balaban J connectivity index is 2.12. The molecule has 3 rings (SSSR count). The Kier molecular flexibility index (Phi) is 2.80. The van der Waals surface area contributed by atoms with E-state index in [1.807, 2.05) is 43.1 Å². The van der Waals surface area contributed by atoms with Gasteiger partial charge in [0, 0.05) is 30.9 Å². The molecule has 0 fully saturated rings. The van der Waals surface area contributed by atoms with Crippen LogP contribution in [0.3, 0.4) is 0 Å². The van der Waals surface area contributed by atoms with Crippen molar-refractivity contribution >= 4 is 22.6 Å². The van der Waals surface area contributed by atoms with Crippen LogP contribution in [0, 0.1) is 0 Å². The van der Waals surface area contributed by atoms with Gasteiger partial charge in [0.05, 0.1) is 23.3 Å². The maximum Gasteiger partial charge on any atom is 0.131 e. The molecule has 98 valence electrons. The Hall–Kier alpha value is -1.85. The van der Waals surface area contributed by atoms with E-state index in [1.165, 1.54) is 0 Å². The highest BCUT2D eigenvalue weighted by Gasteiger charge is 2.18. The highest BCUT2D eigenvalue weighted by Crippen LogP contribution is 2.24. The number of fused-ring (bicyclic) bond motifs is 1. The van der Waals surface area contributed by atoms with Gasteiger partial charge >= 0.3 is 0 Å². The lowest BCUT2D eigenvalue weighted by Crippen LogP contribution is -2.16. The molecular formula is C13H14ClN5. The van der Waals surface area contributed by atoms with E-state index in [1.54, 1.807) is 10.9 Å². The zero-order chi connectivity index (χ0) is 13.6. The topological polar surface area (TPSA) is 61.7 Å². The van der Waals surface area contributed by atoms with E-state index in [-0.39, 0.29) is 6.04 Å². The predicted molar refractivity (Wildman–Crippen MR) is 75.0 cm³/mol. The van der Waals surface area contributed by atoms with Gasteiger partial charge in [-0.3, -0.25) is 4.68 Å². The summed E-state index contributed by atoms with van der Waals surface area (Å²) in [6.45, 7) is 0. The molecule has 19 heavy (non-hydrogen) atoms. The molecule has 5 nitrogen and oxygen atoms in total. The third-order valence-corrected chi connectivity index (χ3v) is 3.47. The summed E-state index contributed by atoms with van der Waals surface area (Å²) in [5, 5.41) is 4.83. The fraction of sp³-hybridized carbons (Fsp3) is 0.231. The second-order valence-corrected chi connectivity index (χ2v) is 5.02. The Morgan fingerprint density at radius 2 is 2.11 bits per heavy atom. The normalized spacial score (nSPS) is 13.1. The molecule has 0 spiro atoms. The second kappa shape index (κ2) is 4.36. The fourth-order valence-corrected chi connectivity index (χ4v) is 2.38. The molecule has 0 bridgehead atoms. The molecule has 0 aliphatic carbocycles. The molecule has 0 aliphatic heterocycles. The first-order chi connectivity index (χ1) is 9.06. The number of benzene rings is 1. The van der Waals surface area contributed by atoms with E-state index in [0.29, 0.717) is 5.02 Å². The summed E-state index contributed by atoms with van der Waals surface area (Å²) in [7, 11) is 3.81. The van der Waals surface area contributed by atoms with Gasteiger partial charge in [-0.1, -0.05) is 11.6 Å². The molecule has 2 N–H and O–H groups in total. The van der Waals surface area contributed by atoms with Crippen LogP contribution in [-0.4, -0.2) is 19.3 Å². The van der Waals surface area contributed by atoms with Gasteiger partial charge in [0.25, 0.3) is 0 Å². The molecule has 1 aromatic carbocycles. The average molecular weight is 276 g/mol. The Morgan fingerprint density at radius 3 is 2.79 bits per heavy atom. The lowest BCUT2D eigenvalue weighted by atomic mass is 10.1. The van der Waals surface area contributed by atoms with Gasteiger partial charge < -0.3 is 10.3 Å². The second-order valence-electron chi connectivity index (χ2n) is 4.59. The fourth-order valence-electron chi connectivity index (χ4n) is 2.21. The van der Waals surface area contributed by atoms with Crippen molar-refractivity contribution in [3.63, 3.8) is 0 Å². The zero-order valence-corrected chi connectivity index (χ0v) is 11.5. The number of nitrogens with zero attached hydrogens (tertiary/aromatic N) is 4. The van der Waals surface area contributed by atoms with Crippen LogP contribution >= 0.6 is 11.6 Å². The van der Waals surface area contributed by atoms with Crippen LogP contribution < -0.4 is 5.73 Å². The van der Waals surface area contributed by atoms with Gasteiger partial charge in [-0.2, -0.15) is 5.10 Å². The first kappa shape index (κ1) is 12.2. The van der Waals surface area contributed by atoms with Crippen LogP contribution in [0.4, 0.5) is 0 Å². The summed E-state index contributed by atoms with van der Waals surface area (Å²) >= 11 is 6.01. The van der Waals surface area contributed by atoms with Crippen LogP contribution in [-0.2, 0) is 14.1 Å². The highest BCUT2D eigenvalue weighted by atomic mass is 35.5. The smallest absolute Gasteiger partial charge is 0.131 e. The number of aromatic nitrogens is 4. The van der Waals surface area contributed by atoms with Crippen molar-refractivity contribution in [3.05, 3.63) is 47.0 Å². The number of hydrogen-bond donors (Lipinski definition) is 1. The molecule has 2 aromatic heterocycles. The molecule has 0 radical (unpaired) electrons. The average Bonchev–Trinajstić information content (AvgIpc) is 2.94. The van der Waals surface area contributed by atoms with Gasteiger partial charge in [-0.25, -0.2) is 4.98 Å². The van der Waals surface area contributed by atoms with Gasteiger partial charge in [-0.05, 0) is 18.2 Å². The summed E-state index contributed by atoms with van der Waals surface area (Å²) in [6.07, 6.45) is 3.66. The number of imidazole rings is 1. The molecule has 2 heterocycles. The molecule has 1 unspecified atom stereocenters. The number of halogens is 1. The van der Waals surface area contributed by atoms with Crippen molar-refractivity contribution in [1.82, 2.24) is 19.3 Å². The van der Waals surface area contributed by atoms with E-state index in [9.17, 15) is 0 Å². The van der Waals surface area contributed by atoms with E-state index >= 15 is 0 Å². The van der Waals surface area contributed by atoms with Crippen molar-refractivity contribution in [2.75, 3.05) is 0 Å². The van der Waals surface area contributed by atoms with Crippen LogP contribution in [0.15, 0.2) is 30.6 Å². The van der Waals surface area contributed by atoms with Gasteiger partial charge in [-0.15, -0.1) is 0 Å². The first-order valence-electron chi connectivity index (χ1n) is 5.92. The first-order valence-corrected chi connectivity index (χ1v) is 6.30. The summed E-state index contributed by atoms with van der Waals surface area (Å²) < 4.78 is 3.70. The van der Waals surface area contributed by atoms with Crippen molar-refractivity contribution in [1.29, 1.82) is 0 Å². The largest absolute Gasteiger partial charge is 0.329 e. The van der Waals surface area contributed by atoms with Crippen LogP contribution in [0.2, 0.25) is 5.02 Å². The SMILES string of the molecule is Cn1cc(C(N)c2nc3ccc(Cl)cc3n2C)cn1. The molecule has 1 atom stereocenters. The van der Waals surface area contributed by atoms with Crippen LogP contribution in [0.1, 0.15) is 17.4 Å². The third-order valence-electron chi connectivity index (χ3n) is 3.24. The van der Waals surface area contributed by atoms with Crippen molar-refractivity contribution in [2.24, 2.45) is 19.8 Å². The Labute approximate surface area is 115 Å². The Bertz CT molecular complexity index is 743. The van der Waals surface area contributed by atoms with E-state index < -0.39 is 0 Å². The third kappa shape index (κ3) is 2.01. The summed E-state index contributed by atoms with van der Waals surface area (Å²) in [5.41, 5.74) is 9.06. The molecule has 0 saturated heterocycles. The maximum atomic E-state index is 6.26. The Morgan fingerprint density at radius 1 is 1.32 bits per heavy atom. The molecule has 3 aromatic rings. The minimum absolute atomic E-state index is 0.301. The van der Waals surface area contributed by atoms with Gasteiger partial charge in [0.1, 0.15) is 5.82 Å². The lowest BCUT2D eigenvalue weighted by Gasteiger charge is -2.09.